The summed E-state index contributed by atoms with van der Waals surface area (Å²) in [4.78, 5) is 33.8. The number of carbonyl (C=O) groups excluding carboxylic acids is 2. The minimum Gasteiger partial charge on any atom is -0.465 e. The van der Waals surface area contributed by atoms with Crippen molar-refractivity contribution in [3.8, 4) is 0 Å². The molecule has 3 rings (SSSR count). The number of hydrogen-bond acceptors (Lipinski definition) is 7. The Kier molecular flexibility index (Phi) is 5.20. The smallest absolute Gasteiger partial charge is 0.337 e. The van der Waals surface area contributed by atoms with E-state index in [-0.39, 0.29) is 5.91 Å². The number of aromatic nitrogens is 2. The molecule has 25 heavy (non-hydrogen) atoms. The standard InChI is InChI=1S/C17H18N4O4/c1-24-17(23)12-2-4-13(5-3-12)20-15-10-14(18-11-19-15)16(22)21-6-8-25-9-7-21/h2-5,10-11H,6-9H2,1H3,(H,18,19,20). The number of anilines is 2. The maximum Gasteiger partial charge on any atom is 0.337 e. The fourth-order valence-corrected chi connectivity index (χ4v) is 2.43. The molecule has 1 aliphatic rings. The van der Waals surface area contributed by atoms with Gasteiger partial charge in [0.1, 0.15) is 17.8 Å². The average molecular weight is 342 g/mol. The van der Waals surface area contributed by atoms with Gasteiger partial charge in [0, 0.05) is 24.8 Å². The SMILES string of the molecule is COC(=O)c1ccc(Nc2cc(C(=O)N3CCOCC3)ncn2)cc1. The zero-order chi connectivity index (χ0) is 17.6. The van der Waals surface area contributed by atoms with Crippen LogP contribution in [0.5, 0.6) is 0 Å². The van der Waals surface area contributed by atoms with Gasteiger partial charge in [0.25, 0.3) is 5.91 Å². The molecule has 0 unspecified atom stereocenters. The van der Waals surface area contributed by atoms with Crippen molar-refractivity contribution in [1.29, 1.82) is 0 Å². The fraction of sp³-hybridized carbons (Fsp3) is 0.294. The van der Waals surface area contributed by atoms with Crippen LogP contribution in [0.2, 0.25) is 0 Å². The van der Waals surface area contributed by atoms with Crippen molar-refractivity contribution in [3.63, 3.8) is 0 Å². The molecule has 130 valence electrons. The molecule has 0 saturated carbocycles. The van der Waals surface area contributed by atoms with E-state index in [1.165, 1.54) is 13.4 Å². The summed E-state index contributed by atoms with van der Waals surface area (Å²) in [5.74, 6) is -0.0424. The Morgan fingerprint density at radius 1 is 1.16 bits per heavy atom. The van der Waals surface area contributed by atoms with Crippen LogP contribution in [0.1, 0.15) is 20.8 Å². The molecule has 0 bridgehead atoms. The number of amides is 1. The van der Waals surface area contributed by atoms with E-state index in [1.807, 2.05) is 0 Å². The van der Waals surface area contributed by atoms with E-state index < -0.39 is 5.97 Å². The Hall–Kier alpha value is -3.00. The van der Waals surface area contributed by atoms with Gasteiger partial charge in [-0.2, -0.15) is 0 Å². The monoisotopic (exact) mass is 342 g/mol. The molecule has 0 atom stereocenters. The third-order valence-electron chi connectivity index (χ3n) is 3.76. The minimum atomic E-state index is -0.396. The van der Waals surface area contributed by atoms with Gasteiger partial charge in [-0.05, 0) is 24.3 Å². The zero-order valence-electron chi connectivity index (χ0n) is 13.8. The van der Waals surface area contributed by atoms with Crippen LogP contribution in [0.15, 0.2) is 36.7 Å². The number of carbonyl (C=O) groups is 2. The van der Waals surface area contributed by atoms with Crippen LogP contribution < -0.4 is 5.32 Å². The summed E-state index contributed by atoms with van der Waals surface area (Å²) in [6.45, 7) is 2.18. The van der Waals surface area contributed by atoms with Crippen molar-refractivity contribution < 1.29 is 19.1 Å². The summed E-state index contributed by atoms with van der Waals surface area (Å²) in [5.41, 5.74) is 1.51. The van der Waals surface area contributed by atoms with Crippen LogP contribution in [0.25, 0.3) is 0 Å². The number of methoxy groups -OCH3 is 1. The molecule has 1 fully saturated rings. The lowest BCUT2D eigenvalue weighted by molar-refractivity contribution is 0.0299. The summed E-state index contributed by atoms with van der Waals surface area (Å²) >= 11 is 0. The summed E-state index contributed by atoms with van der Waals surface area (Å²) in [6, 6.07) is 8.37. The predicted molar refractivity (Wildman–Crippen MR) is 89.8 cm³/mol. The quantitative estimate of drug-likeness (QED) is 0.841. The van der Waals surface area contributed by atoms with Crippen molar-refractivity contribution >= 4 is 23.4 Å². The summed E-state index contributed by atoms with van der Waals surface area (Å²) in [7, 11) is 1.34. The molecule has 0 spiro atoms. The Morgan fingerprint density at radius 2 is 1.88 bits per heavy atom. The Bertz CT molecular complexity index is 757. The molecular formula is C17H18N4O4. The summed E-state index contributed by atoms with van der Waals surface area (Å²) in [6.07, 6.45) is 1.35. The van der Waals surface area contributed by atoms with Crippen LogP contribution in [-0.4, -0.2) is 60.2 Å². The van der Waals surface area contributed by atoms with E-state index in [9.17, 15) is 9.59 Å². The topological polar surface area (TPSA) is 93.7 Å². The van der Waals surface area contributed by atoms with Gasteiger partial charge in [-0.25, -0.2) is 14.8 Å². The maximum absolute atomic E-state index is 12.5. The predicted octanol–water partition coefficient (Wildman–Crippen LogP) is 1.48. The van der Waals surface area contributed by atoms with Crippen molar-refractivity contribution in [2.75, 3.05) is 38.7 Å². The van der Waals surface area contributed by atoms with E-state index >= 15 is 0 Å². The summed E-state index contributed by atoms with van der Waals surface area (Å²) < 4.78 is 9.91. The van der Waals surface area contributed by atoms with Crippen LogP contribution in [0.4, 0.5) is 11.5 Å². The largest absolute Gasteiger partial charge is 0.465 e. The fourth-order valence-electron chi connectivity index (χ4n) is 2.43. The Balaban J connectivity index is 1.71. The van der Waals surface area contributed by atoms with Crippen LogP contribution in [-0.2, 0) is 9.47 Å². The first-order valence-corrected chi connectivity index (χ1v) is 7.82. The molecule has 0 aliphatic carbocycles. The van der Waals surface area contributed by atoms with Gasteiger partial charge < -0.3 is 19.7 Å². The molecule has 1 amide bonds. The highest BCUT2D eigenvalue weighted by molar-refractivity contribution is 5.93. The number of esters is 1. The van der Waals surface area contributed by atoms with Crippen molar-refractivity contribution in [2.45, 2.75) is 0 Å². The van der Waals surface area contributed by atoms with Gasteiger partial charge in [0.05, 0.1) is 25.9 Å². The third-order valence-corrected chi connectivity index (χ3v) is 3.76. The lowest BCUT2D eigenvalue weighted by Crippen LogP contribution is -2.41. The maximum atomic E-state index is 12.5. The van der Waals surface area contributed by atoms with Crippen molar-refractivity contribution in [3.05, 3.63) is 47.9 Å². The number of nitrogens with zero attached hydrogens (tertiary/aromatic N) is 3. The van der Waals surface area contributed by atoms with Crippen molar-refractivity contribution in [1.82, 2.24) is 14.9 Å². The van der Waals surface area contributed by atoms with E-state index in [2.05, 4.69) is 20.0 Å². The van der Waals surface area contributed by atoms with Gasteiger partial charge in [-0.1, -0.05) is 0 Å². The molecule has 2 heterocycles. The van der Waals surface area contributed by atoms with E-state index in [1.54, 1.807) is 35.2 Å². The molecule has 2 aromatic rings. The molecule has 1 N–H and O–H groups in total. The van der Waals surface area contributed by atoms with E-state index in [0.29, 0.717) is 43.4 Å². The molecule has 1 aromatic carbocycles. The number of morpholine rings is 1. The molecule has 8 heteroatoms. The molecule has 1 aromatic heterocycles. The molecule has 1 aliphatic heterocycles. The summed E-state index contributed by atoms with van der Waals surface area (Å²) in [5, 5.41) is 3.09. The number of benzene rings is 1. The van der Waals surface area contributed by atoms with Gasteiger partial charge in [-0.3, -0.25) is 4.79 Å². The number of hydrogen-bond donors (Lipinski definition) is 1. The second-order valence-corrected chi connectivity index (χ2v) is 5.39. The van der Waals surface area contributed by atoms with Gasteiger partial charge in [0.15, 0.2) is 0 Å². The zero-order valence-corrected chi connectivity index (χ0v) is 13.8. The first kappa shape index (κ1) is 16.8. The molecule has 0 radical (unpaired) electrons. The number of ether oxygens (including phenoxy) is 2. The third kappa shape index (κ3) is 4.10. The first-order valence-electron chi connectivity index (χ1n) is 7.82. The highest BCUT2D eigenvalue weighted by atomic mass is 16.5. The number of nitrogens with one attached hydrogen (secondary N) is 1. The van der Waals surface area contributed by atoms with Gasteiger partial charge >= 0.3 is 5.97 Å². The lowest BCUT2D eigenvalue weighted by atomic mass is 10.2. The van der Waals surface area contributed by atoms with Gasteiger partial charge in [-0.15, -0.1) is 0 Å². The average Bonchev–Trinajstić information content (AvgIpc) is 2.68. The molecule has 1 saturated heterocycles. The highest BCUT2D eigenvalue weighted by Crippen LogP contribution is 2.16. The second-order valence-electron chi connectivity index (χ2n) is 5.39. The number of rotatable bonds is 4. The van der Waals surface area contributed by atoms with E-state index in [0.717, 1.165) is 5.69 Å². The minimum absolute atomic E-state index is 0.144. The van der Waals surface area contributed by atoms with Crippen LogP contribution in [0, 0.1) is 0 Å². The highest BCUT2D eigenvalue weighted by Gasteiger charge is 2.20. The van der Waals surface area contributed by atoms with Crippen molar-refractivity contribution in [2.24, 2.45) is 0 Å². The molecule has 8 nitrogen and oxygen atoms in total. The normalized spacial score (nSPS) is 14.0. The van der Waals surface area contributed by atoms with E-state index in [4.69, 9.17) is 4.74 Å². The lowest BCUT2D eigenvalue weighted by Gasteiger charge is -2.26. The first-order chi connectivity index (χ1) is 12.2. The van der Waals surface area contributed by atoms with Crippen LogP contribution in [0.3, 0.4) is 0 Å². The Labute approximate surface area is 144 Å². The Morgan fingerprint density at radius 3 is 2.56 bits per heavy atom. The van der Waals surface area contributed by atoms with Gasteiger partial charge in [0.2, 0.25) is 0 Å². The molecular weight excluding hydrogens is 324 g/mol. The second kappa shape index (κ2) is 7.71. The van der Waals surface area contributed by atoms with Crippen LogP contribution >= 0.6 is 0 Å².